The number of rotatable bonds is 6. The molecule has 7 heteroatoms. The van der Waals surface area contributed by atoms with Crippen LogP contribution in [0.15, 0.2) is 71.5 Å². The molecule has 1 aromatic heterocycles. The third-order valence-corrected chi connectivity index (χ3v) is 6.11. The monoisotopic (exact) mass is 456 g/mol. The van der Waals surface area contributed by atoms with Crippen LogP contribution in [0.4, 0.5) is 5.69 Å². The third-order valence-electron chi connectivity index (χ3n) is 6.11. The average Bonchev–Trinajstić information content (AvgIpc) is 2.86. The largest absolute Gasteiger partial charge is 0.339 e. The van der Waals surface area contributed by atoms with E-state index in [9.17, 15) is 14.4 Å². The van der Waals surface area contributed by atoms with Gasteiger partial charge in [-0.25, -0.2) is 4.68 Å². The molecule has 2 heterocycles. The molecule has 0 unspecified atom stereocenters. The van der Waals surface area contributed by atoms with Crippen LogP contribution in [-0.4, -0.2) is 39.6 Å². The lowest BCUT2D eigenvalue weighted by molar-refractivity contribution is -0.131. The number of carbonyl (C=O) groups is 2. The zero-order chi connectivity index (χ0) is 24.1. The highest BCUT2D eigenvalue weighted by molar-refractivity contribution is 6.02. The molecule has 0 saturated carbocycles. The minimum atomic E-state index is -0.405. The van der Waals surface area contributed by atoms with Crippen molar-refractivity contribution in [3.8, 4) is 0 Å². The van der Waals surface area contributed by atoms with E-state index in [1.807, 2.05) is 50.2 Å². The summed E-state index contributed by atoms with van der Waals surface area (Å²) in [6.07, 6.45) is 3.02. The number of hydrogen-bond donors (Lipinski definition) is 1. The predicted octanol–water partition coefficient (Wildman–Crippen LogP) is 3.82. The molecule has 2 aromatic carbocycles. The van der Waals surface area contributed by atoms with Gasteiger partial charge in [-0.15, -0.1) is 0 Å². The topological polar surface area (TPSA) is 84.3 Å². The van der Waals surface area contributed by atoms with Crippen molar-refractivity contribution < 1.29 is 9.59 Å². The second-order valence-electron chi connectivity index (χ2n) is 8.47. The Morgan fingerprint density at radius 1 is 1.00 bits per heavy atom. The zero-order valence-electron chi connectivity index (χ0n) is 19.5. The summed E-state index contributed by atoms with van der Waals surface area (Å²) in [7, 11) is 0. The summed E-state index contributed by atoms with van der Waals surface area (Å²) in [4.78, 5) is 39.4. The highest BCUT2D eigenvalue weighted by atomic mass is 16.2. The molecule has 34 heavy (non-hydrogen) atoms. The van der Waals surface area contributed by atoms with Crippen LogP contribution >= 0.6 is 0 Å². The molecule has 1 aliphatic rings. The molecule has 0 spiro atoms. The normalized spacial score (nSPS) is 13.4. The maximum absolute atomic E-state index is 12.7. The van der Waals surface area contributed by atoms with Crippen molar-refractivity contribution in [1.82, 2.24) is 14.7 Å². The van der Waals surface area contributed by atoms with E-state index in [4.69, 9.17) is 0 Å². The fourth-order valence-corrected chi connectivity index (χ4v) is 3.91. The lowest BCUT2D eigenvalue weighted by Crippen LogP contribution is -2.36. The molecule has 4 rings (SSSR count). The lowest BCUT2D eigenvalue weighted by atomic mass is 9.99. The van der Waals surface area contributed by atoms with Gasteiger partial charge < -0.3 is 10.2 Å². The fraction of sp³-hybridized carbons (Fsp3) is 0.259. The number of aromatic nitrogens is 2. The van der Waals surface area contributed by atoms with Gasteiger partial charge in [-0.3, -0.25) is 14.4 Å². The molecule has 0 fully saturated rings. The first-order valence-electron chi connectivity index (χ1n) is 11.4. The van der Waals surface area contributed by atoms with Crippen LogP contribution < -0.4 is 10.9 Å². The molecule has 1 N–H and O–H groups in total. The molecule has 7 nitrogen and oxygen atoms in total. The van der Waals surface area contributed by atoms with Crippen molar-refractivity contribution in [3.63, 3.8) is 0 Å². The van der Waals surface area contributed by atoms with Gasteiger partial charge in [0, 0.05) is 31.3 Å². The van der Waals surface area contributed by atoms with E-state index in [1.165, 1.54) is 28.0 Å². The number of hydrogen-bond acceptors (Lipinski definition) is 4. The van der Waals surface area contributed by atoms with Crippen LogP contribution in [0.25, 0.3) is 5.57 Å². The zero-order valence-corrected chi connectivity index (χ0v) is 19.5. The molecule has 2 amide bonds. The molecule has 3 aromatic rings. The maximum atomic E-state index is 12.7. The molecule has 0 bridgehead atoms. The van der Waals surface area contributed by atoms with Gasteiger partial charge in [-0.2, -0.15) is 5.10 Å². The molecular formula is C27H28N4O3. The number of anilines is 1. The first-order valence-corrected chi connectivity index (χ1v) is 11.4. The van der Waals surface area contributed by atoms with Crippen LogP contribution in [-0.2, 0) is 11.3 Å². The van der Waals surface area contributed by atoms with Crippen molar-refractivity contribution >= 4 is 23.1 Å². The Labute approximate surface area is 198 Å². The van der Waals surface area contributed by atoms with Gasteiger partial charge in [0.15, 0.2) is 0 Å². The molecule has 0 aliphatic carbocycles. The quantitative estimate of drug-likeness (QED) is 0.611. The van der Waals surface area contributed by atoms with Gasteiger partial charge in [0.2, 0.25) is 5.91 Å². The van der Waals surface area contributed by atoms with Gasteiger partial charge in [-0.1, -0.05) is 42.5 Å². The molecule has 0 radical (unpaired) electrons. The van der Waals surface area contributed by atoms with Crippen molar-refractivity contribution in [1.29, 1.82) is 0 Å². The summed E-state index contributed by atoms with van der Waals surface area (Å²) < 4.78 is 1.18. The molecule has 174 valence electrons. The maximum Gasteiger partial charge on any atom is 0.276 e. The van der Waals surface area contributed by atoms with Crippen LogP contribution in [0, 0.1) is 13.8 Å². The van der Waals surface area contributed by atoms with E-state index in [0.29, 0.717) is 18.8 Å². The average molecular weight is 457 g/mol. The van der Waals surface area contributed by atoms with E-state index >= 15 is 0 Å². The van der Waals surface area contributed by atoms with Gasteiger partial charge in [0.25, 0.3) is 11.5 Å². The Hall–Kier alpha value is -4.00. The Balaban J connectivity index is 1.36. The highest BCUT2D eigenvalue weighted by Crippen LogP contribution is 2.22. The molecule has 1 aliphatic heterocycles. The highest BCUT2D eigenvalue weighted by Gasteiger charge is 2.18. The minimum absolute atomic E-state index is 0.0398. The first kappa shape index (κ1) is 23.2. The number of nitrogens with one attached hydrogen (secondary N) is 1. The van der Waals surface area contributed by atoms with Gasteiger partial charge in [-0.05, 0) is 60.7 Å². The van der Waals surface area contributed by atoms with Gasteiger partial charge >= 0.3 is 0 Å². The fourth-order valence-electron chi connectivity index (χ4n) is 3.91. The van der Waals surface area contributed by atoms with Crippen LogP contribution in [0.1, 0.15) is 40.0 Å². The number of aryl methyl sites for hydroxylation is 3. The van der Waals surface area contributed by atoms with E-state index < -0.39 is 5.91 Å². The lowest BCUT2D eigenvalue weighted by Gasteiger charge is -2.26. The Kier molecular flexibility index (Phi) is 7.01. The summed E-state index contributed by atoms with van der Waals surface area (Å²) in [6, 6.07) is 18.5. The van der Waals surface area contributed by atoms with Crippen molar-refractivity contribution in [2.75, 3.05) is 18.4 Å². The second kappa shape index (κ2) is 10.3. The molecule has 0 saturated heterocycles. The Morgan fingerprint density at radius 2 is 1.79 bits per heavy atom. The van der Waals surface area contributed by atoms with Crippen molar-refractivity contribution in [2.24, 2.45) is 0 Å². The minimum Gasteiger partial charge on any atom is -0.339 e. The number of nitrogens with zero attached hydrogens (tertiary/aromatic N) is 3. The summed E-state index contributed by atoms with van der Waals surface area (Å²) in [5.74, 6) is -0.444. The standard InChI is InChI=1S/C27H28N4O3/c1-19-8-9-23(18-20(19)2)28-27(34)24-10-11-26(33)31(29-24)17-14-25(32)30-15-12-22(13-16-30)21-6-4-3-5-7-21/h3-12,18H,13-17H2,1-2H3,(H,28,34). The predicted molar refractivity (Wildman–Crippen MR) is 133 cm³/mol. The number of amides is 2. The van der Waals surface area contributed by atoms with Crippen molar-refractivity contribution in [3.05, 3.63) is 99.5 Å². The number of carbonyl (C=O) groups excluding carboxylic acids is 2. The Morgan fingerprint density at radius 3 is 2.50 bits per heavy atom. The van der Waals surface area contributed by atoms with E-state index in [1.54, 1.807) is 4.90 Å². The second-order valence-corrected chi connectivity index (χ2v) is 8.47. The van der Waals surface area contributed by atoms with Crippen LogP contribution in [0.2, 0.25) is 0 Å². The van der Waals surface area contributed by atoms with E-state index in [-0.39, 0.29) is 30.1 Å². The Bertz CT molecular complexity index is 1290. The van der Waals surface area contributed by atoms with Crippen LogP contribution in [0.3, 0.4) is 0 Å². The molecular weight excluding hydrogens is 428 g/mol. The summed E-state index contributed by atoms with van der Waals surface area (Å²) >= 11 is 0. The van der Waals surface area contributed by atoms with E-state index in [2.05, 4.69) is 28.6 Å². The van der Waals surface area contributed by atoms with Crippen LogP contribution in [0.5, 0.6) is 0 Å². The van der Waals surface area contributed by atoms with E-state index in [0.717, 1.165) is 17.5 Å². The summed E-state index contributed by atoms with van der Waals surface area (Å²) in [5, 5.41) is 7.00. The number of benzene rings is 2. The molecule has 0 atom stereocenters. The van der Waals surface area contributed by atoms with Gasteiger partial charge in [0.05, 0.1) is 6.54 Å². The van der Waals surface area contributed by atoms with Crippen molar-refractivity contribution in [2.45, 2.75) is 33.2 Å². The smallest absolute Gasteiger partial charge is 0.276 e. The summed E-state index contributed by atoms with van der Waals surface area (Å²) in [6.45, 7) is 5.28. The third kappa shape index (κ3) is 5.49. The van der Waals surface area contributed by atoms with Gasteiger partial charge in [0.1, 0.15) is 5.69 Å². The SMILES string of the molecule is Cc1ccc(NC(=O)c2ccc(=O)n(CCC(=O)N3CC=C(c4ccccc4)CC3)n2)cc1C. The summed E-state index contributed by atoms with van der Waals surface area (Å²) in [5.41, 5.74) is 5.06. The first-order chi connectivity index (χ1) is 16.4.